The van der Waals surface area contributed by atoms with Crippen molar-refractivity contribution in [3.63, 3.8) is 0 Å². The molecule has 182 valence electrons. The van der Waals surface area contributed by atoms with Gasteiger partial charge in [-0.1, -0.05) is 28.1 Å². The van der Waals surface area contributed by atoms with Crippen LogP contribution in [0.2, 0.25) is 0 Å². The van der Waals surface area contributed by atoms with Crippen LogP contribution in [0.3, 0.4) is 0 Å². The summed E-state index contributed by atoms with van der Waals surface area (Å²) in [5, 5.41) is 14.7. The van der Waals surface area contributed by atoms with Crippen LogP contribution in [0, 0.1) is 10.1 Å². The van der Waals surface area contributed by atoms with E-state index in [0.29, 0.717) is 22.4 Å². The average molecular weight is 561 g/mol. The Morgan fingerprint density at radius 1 is 1.14 bits per heavy atom. The number of rotatable bonds is 10. The van der Waals surface area contributed by atoms with Gasteiger partial charge in [0.2, 0.25) is 0 Å². The Morgan fingerprint density at radius 2 is 1.83 bits per heavy atom. The summed E-state index contributed by atoms with van der Waals surface area (Å²) in [6.45, 7) is 1.72. The molecular weight excluding hydrogens is 540 g/mol. The minimum absolute atomic E-state index is 0.00230. The Kier molecular flexibility index (Phi) is 8.55. The lowest BCUT2D eigenvalue weighted by Gasteiger charge is -2.24. The zero-order valence-corrected chi connectivity index (χ0v) is 20.9. The van der Waals surface area contributed by atoms with Gasteiger partial charge in [-0.25, -0.2) is 13.8 Å². The summed E-state index contributed by atoms with van der Waals surface area (Å²) in [5.41, 5.74) is 2.80. The number of ether oxygens (including phenoxy) is 1. The monoisotopic (exact) mass is 560 g/mol. The van der Waals surface area contributed by atoms with Crippen LogP contribution >= 0.6 is 15.9 Å². The molecule has 0 heterocycles. The topological polar surface area (TPSA) is 131 Å². The van der Waals surface area contributed by atoms with Gasteiger partial charge >= 0.3 is 0 Å². The lowest BCUT2D eigenvalue weighted by molar-refractivity contribution is -0.384. The van der Waals surface area contributed by atoms with Crippen LogP contribution in [-0.4, -0.2) is 38.6 Å². The summed E-state index contributed by atoms with van der Waals surface area (Å²) in [7, 11) is -4.10. The Hall–Kier alpha value is -3.77. The molecule has 0 radical (unpaired) electrons. The van der Waals surface area contributed by atoms with E-state index in [9.17, 15) is 23.3 Å². The number of nitrogens with one attached hydrogen (secondary N) is 1. The molecule has 0 saturated heterocycles. The predicted octanol–water partition coefficient (Wildman–Crippen LogP) is 4.10. The number of amides is 1. The van der Waals surface area contributed by atoms with E-state index in [0.717, 1.165) is 4.31 Å². The average Bonchev–Trinajstić information content (AvgIpc) is 2.84. The number of anilines is 1. The fourth-order valence-electron chi connectivity index (χ4n) is 2.99. The minimum atomic E-state index is -4.10. The second kappa shape index (κ2) is 11.6. The summed E-state index contributed by atoms with van der Waals surface area (Å²) in [6, 6.07) is 18.0. The number of non-ortho nitro benzene ring substituents is 1. The smallest absolute Gasteiger partial charge is 0.270 e. The van der Waals surface area contributed by atoms with E-state index in [1.54, 1.807) is 42.5 Å². The van der Waals surface area contributed by atoms with Gasteiger partial charge in [-0.2, -0.15) is 5.10 Å². The number of hydrogen-bond acceptors (Lipinski definition) is 7. The molecule has 3 aromatic carbocycles. The lowest BCUT2D eigenvalue weighted by atomic mass is 10.2. The molecule has 10 nitrogen and oxygen atoms in total. The summed E-state index contributed by atoms with van der Waals surface area (Å²) < 4.78 is 33.8. The van der Waals surface area contributed by atoms with Gasteiger partial charge in [-0.3, -0.25) is 19.2 Å². The molecule has 0 bridgehead atoms. The Balaban J connectivity index is 1.83. The van der Waals surface area contributed by atoms with Gasteiger partial charge < -0.3 is 4.74 Å². The molecule has 0 unspecified atom stereocenters. The second-order valence-corrected chi connectivity index (χ2v) is 9.82. The third-order valence-electron chi connectivity index (χ3n) is 4.61. The van der Waals surface area contributed by atoms with Crippen molar-refractivity contribution >= 4 is 49.4 Å². The Morgan fingerprint density at radius 3 is 2.46 bits per heavy atom. The van der Waals surface area contributed by atoms with Crippen LogP contribution in [0.4, 0.5) is 11.4 Å². The van der Waals surface area contributed by atoms with E-state index in [1.807, 2.05) is 6.92 Å². The highest BCUT2D eigenvalue weighted by Gasteiger charge is 2.27. The number of hydrazone groups is 1. The quantitative estimate of drug-likeness (QED) is 0.225. The van der Waals surface area contributed by atoms with Crippen LogP contribution in [0.25, 0.3) is 0 Å². The van der Waals surface area contributed by atoms with Crippen molar-refractivity contribution in [2.75, 3.05) is 17.5 Å². The molecule has 1 N–H and O–H groups in total. The van der Waals surface area contributed by atoms with Gasteiger partial charge in [-0.05, 0) is 55.5 Å². The normalized spacial score (nSPS) is 11.3. The van der Waals surface area contributed by atoms with E-state index in [-0.39, 0.29) is 16.3 Å². The maximum atomic E-state index is 13.4. The van der Waals surface area contributed by atoms with Crippen molar-refractivity contribution in [2.45, 2.75) is 11.8 Å². The first-order chi connectivity index (χ1) is 16.7. The van der Waals surface area contributed by atoms with E-state index in [1.165, 1.54) is 36.5 Å². The first kappa shape index (κ1) is 25.8. The molecule has 0 aliphatic rings. The summed E-state index contributed by atoms with van der Waals surface area (Å²) in [6.07, 6.45) is 1.23. The van der Waals surface area contributed by atoms with Crippen LogP contribution in [0.1, 0.15) is 12.5 Å². The molecule has 0 atom stereocenters. The van der Waals surface area contributed by atoms with E-state index >= 15 is 0 Å². The number of nitro benzene ring substituents is 1. The number of carbonyl (C=O) groups is 1. The van der Waals surface area contributed by atoms with Crippen molar-refractivity contribution in [2.24, 2.45) is 5.10 Å². The third-order valence-corrected chi connectivity index (χ3v) is 6.93. The second-order valence-electron chi connectivity index (χ2n) is 7.04. The molecule has 0 aliphatic heterocycles. The molecule has 0 aliphatic carbocycles. The lowest BCUT2D eigenvalue weighted by Crippen LogP contribution is -2.39. The largest absolute Gasteiger partial charge is 0.494 e. The summed E-state index contributed by atoms with van der Waals surface area (Å²) in [4.78, 5) is 23.0. The van der Waals surface area contributed by atoms with E-state index < -0.39 is 27.4 Å². The zero-order valence-electron chi connectivity index (χ0n) is 18.5. The number of benzene rings is 3. The van der Waals surface area contributed by atoms with Crippen molar-refractivity contribution in [1.82, 2.24) is 5.43 Å². The number of nitrogens with zero attached hydrogens (tertiary/aromatic N) is 3. The van der Waals surface area contributed by atoms with Crippen molar-refractivity contribution in [3.8, 4) is 5.75 Å². The van der Waals surface area contributed by atoms with Gasteiger partial charge in [0, 0.05) is 22.2 Å². The van der Waals surface area contributed by atoms with Crippen molar-refractivity contribution in [3.05, 3.63) is 92.9 Å². The number of nitro groups is 1. The van der Waals surface area contributed by atoms with E-state index in [2.05, 4.69) is 26.5 Å². The fourth-order valence-corrected chi connectivity index (χ4v) is 4.67. The van der Waals surface area contributed by atoms with Gasteiger partial charge in [-0.15, -0.1) is 0 Å². The maximum absolute atomic E-state index is 13.4. The third kappa shape index (κ3) is 6.87. The minimum Gasteiger partial charge on any atom is -0.494 e. The highest BCUT2D eigenvalue weighted by molar-refractivity contribution is 9.10. The number of carbonyl (C=O) groups excluding carboxylic acids is 1. The zero-order chi connectivity index (χ0) is 25.4. The molecule has 0 aromatic heterocycles. The number of halogens is 1. The van der Waals surface area contributed by atoms with Crippen LogP contribution < -0.4 is 14.5 Å². The van der Waals surface area contributed by atoms with Gasteiger partial charge in [0.25, 0.3) is 21.6 Å². The molecule has 12 heteroatoms. The molecule has 1 amide bonds. The molecule has 3 aromatic rings. The number of hydrogen-bond donors (Lipinski definition) is 1. The summed E-state index contributed by atoms with van der Waals surface area (Å²) >= 11 is 3.28. The van der Waals surface area contributed by atoms with Crippen LogP contribution in [0.5, 0.6) is 5.75 Å². The maximum Gasteiger partial charge on any atom is 0.270 e. The van der Waals surface area contributed by atoms with Crippen LogP contribution in [-0.2, 0) is 14.8 Å². The molecule has 0 spiro atoms. The first-order valence-corrected chi connectivity index (χ1v) is 12.5. The standard InChI is InChI=1S/C23H21BrN4O6S/c1-2-34-21-10-8-19(9-11-21)27(35(32,33)22-12-6-18(24)7-13-22)16-23(29)26-25-15-17-4-3-5-20(14-17)28(30)31/h3-15H,2,16H2,1H3,(H,26,29)/b25-15-. The van der Waals surface area contributed by atoms with Gasteiger partial charge in [0.1, 0.15) is 12.3 Å². The molecule has 35 heavy (non-hydrogen) atoms. The van der Waals surface area contributed by atoms with Gasteiger partial charge in [0.05, 0.1) is 28.3 Å². The Labute approximate surface area is 210 Å². The van der Waals surface area contributed by atoms with Crippen molar-refractivity contribution < 1.29 is 22.9 Å². The molecular formula is C23H21BrN4O6S. The number of sulfonamides is 1. The van der Waals surface area contributed by atoms with Crippen molar-refractivity contribution in [1.29, 1.82) is 0 Å². The van der Waals surface area contributed by atoms with Gasteiger partial charge in [0.15, 0.2) is 0 Å². The van der Waals surface area contributed by atoms with Crippen LogP contribution in [0.15, 0.2) is 87.3 Å². The Bertz CT molecular complexity index is 1330. The molecule has 0 fully saturated rings. The first-order valence-electron chi connectivity index (χ1n) is 10.3. The van der Waals surface area contributed by atoms with E-state index in [4.69, 9.17) is 4.74 Å². The SMILES string of the molecule is CCOc1ccc(N(CC(=O)N/N=C\c2cccc([N+](=O)[O-])c2)S(=O)(=O)c2ccc(Br)cc2)cc1. The molecule has 0 saturated carbocycles. The fraction of sp³-hybridized carbons (Fsp3) is 0.130. The molecule has 3 rings (SSSR count). The highest BCUT2D eigenvalue weighted by atomic mass is 79.9. The highest BCUT2D eigenvalue weighted by Crippen LogP contribution is 2.26. The summed E-state index contributed by atoms with van der Waals surface area (Å²) in [5.74, 6) is -0.149. The predicted molar refractivity (Wildman–Crippen MR) is 135 cm³/mol.